The van der Waals surface area contributed by atoms with Crippen LogP contribution >= 0.6 is 0 Å². The van der Waals surface area contributed by atoms with E-state index in [-0.39, 0.29) is 11.8 Å². The van der Waals surface area contributed by atoms with Crippen molar-refractivity contribution in [2.45, 2.75) is 39.2 Å². The predicted octanol–water partition coefficient (Wildman–Crippen LogP) is 1.59. The number of carbonyl (C=O) groups is 3. The molecule has 1 unspecified atom stereocenters. The van der Waals surface area contributed by atoms with E-state index in [4.69, 9.17) is 5.11 Å². The molecule has 0 aliphatic carbocycles. The van der Waals surface area contributed by atoms with Crippen molar-refractivity contribution in [1.82, 2.24) is 5.32 Å². The maximum Gasteiger partial charge on any atom is 0.305 e. The summed E-state index contributed by atoms with van der Waals surface area (Å²) < 4.78 is 0. The van der Waals surface area contributed by atoms with Gasteiger partial charge >= 0.3 is 5.97 Å². The Morgan fingerprint density at radius 2 is 1.90 bits per heavy atom. The van der Waals surface area contributed by atoms with Crippen LogP contribution in [0.3, 0.4) is 0 Å². The fourth-order valence-electron chi connectivity index (χ4n) is 2.17. The first-order valence-electron chi connectivity index (χ1n) is 7.02. The molecule has 0 aliphatic heterocycles. The van der Waals surface area contributed by atoms with Crippen molar-refractivity contribution < 1.29 is 19.5 Å². The number of hydrogen-bond donors (Lipinski definition) is 2. The SMILES string of the molecule is CCc1ccccc1C[C@H](C)C(=O)NC(C=O)CC(=O)O. The topological polar surface area (TPSA) is 83.5 Å². The summed E-state index contributed by atoms with van der Waals surface area (Å²) in [6.07, 6.45) is 1.52. The molecule has 0 fully saturated rings. The third-order valence-electron chi connectivity index (χ3n) is 3.36. The van der Waals surface area contributed by atoms with Crippen molar-refractivity contribution in [3.63, 3.8) is 0 Å². The van der Waals surface area contributed by atoms with Gasteiger partial charge < -0.3 is 15.2 Å². The summed E-state index contributed by atoms with van der Waals surface area (Å²) in [6, 6.07) is 6.93. The Morgan fingerprint density at radius 3 is 2.43 bits per heavy atom. The molecule has 1 aromatic rings. The van der Waals surface area contributed by atoms with Gasteiger partial charge in [0, 0.05) is 5.92 Å². The molecule has 0 aromatic heterocycles. The van der Waals surface area contributed by atoms with Gasteiger partial charge in [0.05, 0.1) is 12.5 Å². The second-order valence-electron chi connectivity index (χ2n) is 5.08. The fraction of sp³-hybridized carbons (Fsp3) is 0.438. The van der Waals surface area contributed by atoms with Gasteiger partial charge in [0.15, 0.2) is 0 Å². The second kappa shape index (κ2) is 8.19. The van der Waals surface area contributed by atoms with Gasteiger partial charge in [0.1, 0.15) is 6.29 Å². The number of carboxylic acids is 1. The first-order valence-corrected chi connectivity index (χ1v) is 7.02. The van der Waals surface area contributed by atoms with E-state index in [2.05, 4.69) is 12.2 Å². The van der Waals surface area contributed by atoms with Gasteiger partial charge in [-0.3, -0.25) is 9.59 Å². The molecule has 0 bridgehead atoms. The highest BCUT2D eigenvalue weighted by molar-refractivity contribution is 5.83. The molecule has 5 heteroatoms. The molecule has 0 saturated carbocycles. The Labute approximate surface area is 124 Å². The van der Waals surface area contributed by atoms with Crippen LogP contribution in [0.2, 0.25) is 0 Å². The molecule has 0 saturated heterocycles. The molecule has 1 amide bonds. The highest BCUT2D eigenvalue weighted by atomic mass is 16.4. The van der Waals surface area contributed by atoms with Crippen molar-refractivity contribution in [1.29, 1.82) is 0 Å². The largest absolute Gasteiger partial charge is 0.481 e. The van der Waals surface area contributed by atoms with Crippen molar-refractivity contribution in [2.24, 2.45) is 5.92 Å². The number of aryl methyl sites for hydroxylation is 1. The van der Waals surface area contributed by atoms with Crippen LogP contribution in [0, 0.1) is 5.92 Å². The summed E-state index contributed by atoms with van der Waals surface area (Å²) in [5.74, 6) is -1.75. The number of rotatable bonds is 8. The highest BCUT2D eigenvalue weighted by Crippen LogP contribution is 2.15. The molecule has 5 nitrogen and oxygen atoms in total. The number of hydrogen-bond acceptors (Lipinski definition) is 3. The monoisotopic (exact) mass is 291 g/mol. The molecule has 2 N–H and O–H groups in total. The van der Waals surface area contributed by atoms with E-state index in [1.807, 2.05) is 24.3 Å². The zero-order valence-corrected chi connectivity index (χ0v) is 12.3. The minimum absolute atomic E-state index is 0.306. The fourth-order valence-corrected chi connectivity index (χ4v) is 2.17. The molecular weight excluding hydrogens is 270 g/mol. The average Bonchev–Trinajstić information content (AvgIpc) is 2.46. The first kappa shape index (κ1) is 16.9. The van der Waals surface area contributed by atoms with Crippen molar-refractivity contribution in [3.05, 3.63) is 35.4 Å². The van der Waals surface area contributed by atoms with Crippen LogP contribution < -0.4 is 5.32 Å². The Kier molecular flexibility index (Phi) is 6.59. The Morgan fingerprint density at radius 1 is 1.29 bits per heavy atom. The van der Waals surface area contributed by atoms with Gasteiger partial charge in [-0.1, -0.05) is 38.1 Å². The number of carboxylic acid groups (broad SMARTS) is 1. The van der Waals surface area contributed by atoms with Crippen molar-refractivity contribution >= 4 is 18.2 Å². The average molecular weight is 291 g/mol. The van der Waals surface area contributed by atoms with E-state index >= 15 is 0 Å². The van der Waals surface area contributed by atoms with Crippen LogP contribution in [0.1, 0.15) is 31.4 Å². The summed E-state index contributed by atoms with van der Waals surface area (Å²) in [6.45, 7) is 3.82. The number of amides is 1. The normalized spacial score (nSPS) is 13.2. The Bertz CT molecular complexity index is 513. The maximum absolute atomic E-state index is 12.0. The third-order valence-corrected chi connectivity index (χ3v) is 3.36. The highest BCUT2D eigenvalue weighted by Gasteiger charge is 2.20. The number of aliphatic carboxylic acids is 1. The summed E-state index contributed by atoms with van der Waals surface area (Å²) in [5, 5.41) is 11.1. The predicted molar refractivity (Wildman–Crippen MR) is 78.9 cm³/mol. The van der Waals surface area contributed by atoms with Crippen LogP contribution in [-0.4, -0.2) is 29.3 Å². The Balaban J connectivity index is 2.65. The number of carbonyl (C=O) groups excluding carboxylic acids is 2. The van der Waals surface area contributed by atoms with Crippen molar-refractivity contribution in [3.8, 4) is 0 Å². The van der Waals surface area contributed by atoms with E-state index in [9.17, 15) is 14.4 Å². The summed E-state index contributed by atoms with van der Waals surface area (Å²) >= 11 is 0. The van der Waals surface area contributed by atoms with Crippen LogP contribution in [0.4, 0.5) is 0 Å². The van der Waals surface area contributed by atoms with Crippen LogP contribution in [0.15, 0.2) is 24.3 Å². The van der Waals surface area contributed by atoms with Gasteiger partial charge in [-0.15, -0.1) is 0 Å². The molecule has 0 spiro atoms. The van der Waals surface area contributed by atoms with E-state index in [0.29, 0.717) is 12.7 Å². The standard InChI is InChI=1S/C16H21NO4/c1-3-12-6-4-5-7-13(12)8-11(2)16(21)17-14(10-18)9-15(19)20/h4-7,10-11,14H,3,8-9H2,1-2H3,(H,17,21)(H,19,20)/t11-,14?/m0/s1. The van der Waals surface area contributed by atoms with Gasteiger partial charge in [0.2, 0.25) is 5.91 Å². The second-order valence-corrected chi connectivity index (χ2v) is 5.08. The lowest BCUT2D eigenvalue weighted by molar-refractivity contribution is -0.139. The zero-order valence-electron chi connectivity index (χ0n) is 12.3. The van der Waals surface area contributed by atoms with Crippen LogP contribution in [-0.2, 0) is 27.2 Å². The quantitative estimate of drug-likeness (QED) is 0.712. The minimum atomic E-state index is -1.11. The van der Waals surface area contributed by atoms with E-state index in [1.54, 1.807) is 6.92 Å². The molecule has 0 radical (unpaired) electrons. The molecule has 0 heterocycles. The lowest BCUT2D eigenvalue weighted by atomic mass is 9.95. The summed E-state index contributed by atoms with van der Waals surface area (Å²) in [5.41, 5.74) is 2.29. The molecular formula is C16H21NO4. The summed E-state index contributed by atoms with van der Waals surface area (Å²) in [4.78, 5) is 33.4. The van der Waals surface area contributed by atoms with Gasteiger partial charge in [0.25, 0.3) is 0 Å². The number of aldehydes is 1. The van der Waals surface area contributed by atoms with E-state index in [1.165, 1.54) is 5.56 Å². The smallest absolute Gasteiger partial charge is 0.305 e. The third kappa shape index (κ3) is 5.38. The van der Waals surface area contributed by atoms with E-state index < -0.39 is 18.4 Å². The molecule has 1 aromatic carbocycles. The van der Waals surface area contributed by atoms with Crippen LogP contribution in [0.5, 0.6) is 0 Å². The lowest BCUT2D eigenvalue weighted by Crippen LogP contribution is -2.41. The van der Waals surface area contributed by atoms with Gasteiger partial charge in [-0.25, -0.2) is 0 Å². The van der Waals surface area contributed by atoms with Gasteiger partial charge in [-0.2, -0.15) is 0 Å². The van der Waals surface area contributed by atoms with E-state index in [0.717, 1.165) is 12.0 Å². The zero-order chi connectivity index (χ0) is 15.8. The Hall–Kier alpha value is -2.17. The molecule has 114 valence electrons. The summed E-state index contributed by atoms with van der Waals surface area (Å²) in [7, 11) is 0. The lowest BCUT2D eigenvalue weighted by Gasteiger charge is -2.17. The minimum Gasteiger partial charge on any atom is -0.481 e. The number of nitrogens with one attached hydrogen (secondary N) is 1. The van der Waals surface area contributed by atoms with Crippen molar-refractivity contribution in [2.75, 3.05) is 0 Å². The molecule has 21 heavy (non-hydrogen) atoms. The number of benzene rings is 1. The van der Waals surface area contributed by atoms with Crippen LogP contribution in [0.25, 0.3) is 0 Å². The maximum atomic E-state index is 12.0. The molecule has 2 atom stereocenters. The molecule has 0 aliphatic rings. The molecule has 1 rings (SSSR count). The van der Waals surface area contributed by atoms with Gasteiger partial charge in [-0.05, 0) is 24.0 Å². The first-order chi connectivity index (χ1) is 9.97.